The molecular weight excluding hydrogens is 304 g/mol. The summed E-state index contributed by atoms with van der Waals surface area (Å²) in [5.41, 5.74) is 1.02. The fourth-order valence-electron chi connectivity index (χ4n) is 1.56. The maximum Gasteiger partial charge on any atom is 0.149 e. The molecule has 0 aliphatic rings. The number of rotatable bonds is 3. The second-order valence-electron chi connectivity index (χ2n) is 4.02. The highest BCUT2D eigenvalue weighted by molar-refractivity contribution is 9.09. The summed E-state index contributed by atoms with van der Waals surface area (Å²) >= 11 is 3.43. The van der Waals surface area contributed by atoms with Crippen LogP contribution in [-0.4, -0.2) is 15.0 Å². The Labute approximate surface area is 112 Å². The van der Waals surface area contributed by atoms with Crippen molar-refractivity contribution >= 4 is 15.9 Å². The summed E-state index contributed by atoms with van der Waals surface area (Å²) in [4.78, 5) is 0.0598. The van der Waals surface area contributed by atoms with Crippen molar-refractivity contribution < 1.29 is 8.78 Å². The minimum Gasteiger partial charge on any atom is -0.217 e. The predicted molar refractivity (Wildman–Crippen MR) is 68.0 cm³/mol. The number of hydrogen-bond acceptors (Lipinski definition) is 2. The number of aromatic nitrogens is 3. The third kappa shape index (κ3) is 2.43. The van der Waals surface area contributed by atoms with Gasteiger partial charge in [-0.05, 0) is 25.0 Å². The third-order valence-corrected chi connectivity index (χ3v) is 3.78. The molecule has 96 valence electrons. The smallest absolute Gasteiger partial charge is 0.149 e. The van der Waals surface area contributed by atoms with Crippen molar-refractivity contribution in [3.8, 4) is 5.69 Å². The quantitative estimate of drug-likeness (QED) is 0.809. The van der Waals surface area contributed by atoms with Crippen LogP contribution in [0.5, 0.6) is 0 Å². The number of aryl methyl sites for hydroxylation is 1. The molecule has 18 heavy (non-hydrogen) atoms. The Balaban J connectivity index is 2.43. The molecule has 1 aromatic carbocycles. The molecule has 0 bridgehead atoms. The first-order chi connectivity index (χ1) is 8.52. The fourth-order valence-corrected chi connectivity index (χ4v) is 1.77. The first kappa shape index (κ1) is 13.1. The van der Waals surface area contributed by atoms with Gasteiger partial charge in [0.1, 0.15) is 17.3 Å². The largest absolute Gasteiger partial charge is 0.217 e. The zero-order valence-electron chi connectivity index (χ0n) is 9.99. The Hall–Kier alpha value is -1.30. The number of benzene rings is 1. The normalized spacial score (nSPS) is 12.7. The lowest BCUT2D eigenvalue weighted by Gasteiger charge is -2.04. The van der Waals surface area contributed by atoms with Crippen LogP contribution in [0.15, 0.2) is 18.3 Å². The molecule has 0 aliphatic heterocycles. The molecular formula is C12H12BrF2N3. The Bertz CT molecular complexity index is 568. The maximum absolute atomic E-state index is 13.7. The van der Waals surface area contributed by atoms with Gasteiger partial charge in [0.15, 0.2) is 0 Å². The van der Waals surface area contributed by atoms with Crippen molar-refractivity contribution in [2.24, 2.45) is 0 Å². The number of hydrogen-bond donors (Lipinski definition) is 0. The standard InChI is InChI=1S/C12H12BrF2N3/c1-3-8(13)11-6-18(17-16-11)12-5-9(14)7(2)4-10(12)15/h4-6,8H,3H2,1-2H3. The van der Waals surface area contributed by atoms with E-state index >= 15 is 0 Å². The molecule has 3 nitrogen and oxygen atoms in total. The highest BCUT2D eigenvalue weighted by atomic mass is 79.9. The molecule has 1 aromatic heterocycles. The molecule has 2 rings (SSSR count). The summed E-state index contributed by atoms with van der Waals surface area (Å²) in [6.07, 6.45) is 2.43. The van der Waals surface area contributed by atoms with Gasteiger partial charge >= 0.3 is 0 Å². The molecule has 6 heteroatoms. The van der Waals surface area contributed by atoms with Gasteiger partial charge in [0.05, 0.1) is 16.7 Å². The SMILES string of the molecule is CCC(Br)c1cn(-c2cc(F)c(C)cc2F)nn1. The van der Waals surface area contributed by atoms with Gasteiger partial charge in [-0.25, -0.2) is 13.5 Å². The van der Waals surface area contributed by atoms with E-state index in [4.69, 9.17) is 0 Å². The van der Waals surface area contributed by atoms with Gasteiger partial charge < -0.3 is 0 Å². The van der Waals surface area contributed by atoms with Crippen LogP contribution in [0.1, 0.15) is 29.4 Å². The van der Waals surface area contributed by atoms with E-state index in [1.54, 1.807) is 6.20 Å². The molecule has 0 fully saturated rings. The molecule has 1 unspecified atom stereocenters. The third-order valence-electron chi connectivity index (χ3n) is 2.67. The second-order valence-corrected chi connectivity index (χ2v) is 5.12. The molecule has 0 aliphatic carbocycles. The average Bonchev–Trinajstić information content (AvgIpc) is 2.82. The van der Waals surface area contributed by atoms with Crippen molar-refractivity contribution in [3.05, 3.63) is 41.2 Å². The lowest BCUT2D eigenvalue weighted by atomic mass is 10.2. The zero-order chi connectivity index (χ0) is 13.3. The minimum absolute atomic E-state index is 0.0598. The van der Waals surface area contributed by atoms with E-state index in [-0.39, 0.29) is 16.1 Å². The number of alkyl halides is 1. The van der Waals surface area contributed by atoms with Crippen molar-refractivity contribution in [1.82, 2.24) is 15.0 Å². The lowest BCUT2D eigenvalue weighted by Crippen LogP contribution is -2.01. The molecule has 2 aromatic rings. The van der Waals surface area contributed by atoms with Crippen LogP contribution < -0.4 is 0 Å². The van der Waals surface area contributed by atoms with Crippen LogP contribution in [0.25, 0.3) is 5.69 Å². The molecule has 0 amide bonds. The Morgan fingerprint density at radius 3 is 2.72 bits per heavy atom. The van der Waals surface area contributed by atoms with E-state index in [9.17, 15) is 8.78 Å². The highest BCUT2D eigenvalue weighted by Gasteiger charge is 2.14. The van der Waals surface area contributed by atoms with Gasteiger partial charge in [-0.15, -0.1) is 5.10 Å². The van der Waals surface area contributed by atoms with Crippen molar-refractivity contribution in [2.75, 3.05) is 0 Å². The number of nitrogens with zero attached hydrogens (tertiary/aromatic N) is 3. The predicted octanol–water partition coefficient (Wildman–Crippen LogP) is 3.70. The van der Waals surface area contributed by atoms with Crippen molar-refractivity contribution in [2.45, 2.75) is 25.1 Å². The summed E-state index contributed by atoms with van der Waals surface area (Å²) in [7, 11) is 0. The van der Waals surface area contributed by atoms with Gasteiger partial charge in [-0.1, -0.05) is 28.1 Å². The first-order valence-electron chi connectivity index (χ1n) is 5.55. The van der Waals surface area contributed by atoms with E-state index in [1.165, 1.54) is 11.6 Å². The van der Waals surface area contributed by atoms with Gasteiger partial charge in [0.2, 0.25) is 0 Å². The first-order valence-corrected chi connectivity index (χ1v) is 6.46. The van der Waals surface area contributed by atoms with Crippen LogP contribution in [0, 0.1) is 18.6 Å². The summed E-state index contributed by atoms with van der Waals surface area (Å²) in [6.45, 7) is 3.51. The van der Waals surface area contributed by atoms with Crippen LogP contribution in [0.2, 0.25) is 0 Å². The van der Waals surface area contributed by atoms with Gasteiger partial charge in [0.25, 0.3) is 0 Å². The fraction of sp³-hybridized carbons (Fsp3) is 0.333. The monoisotopic (exact) mass is 315 g/mol. The van der Waals surface area contributed by atoms with Crippen molar-refractivity contribution in [1.29, 1.82) is 0 Å². The Morgan fingerprint density at radius 2 is 2.06 bits per heavy atom. The summed E-state index contributed by atoms with van der Waals surface area (Å²) < 4.78 is 28.4. The van der Waals surface area contributed by atoms with Gasteiger partial charge in [0, 0.05) is 6.07 Å². The topological polar surface area (TPSA) is 30.7 Å². The number of halogens is 3. The van der Waals surface area contributed by atoms with Gasteiger partial charge in [-0.3, -0.25) is 0 Å². The molecule has 0 spiro atoms. The van der Waals surface area contributed by atoms with E-state index in [1.807, 2.05) is 6.92 Å². The average molecular weight is 316 g/mol. The minimum atomic E-state index is -0.520. The van der Waals surface area contributed by atoms with Gasteiger partial charge in [-0.2, -0.15) is 0 Å². The van der Waals surface area contributed by atoms with Crippen LogP contribution in [-0.2, 0) is 0 Å². The van der Waals surface area contributed by atoms with E-state index in [0.717, 1.165) is 18.6 Å². The summed E-state index contributed by atoms with van der Waals surface area (Å²) in [5.74, 6) is -0.984. The molecule has 0 N–H and O–H groups in total. The van der Waals surface area contributed by atoms with Crippen LogP contribution >= 0.6 is 15.9 Å². The molecule has 1 heterocycles. The molecule has 0 saturated heterocycles. The van der Waals surface area contributed by atoms with E-state index in [0.29, 0.717) is 5.69 Å². The van der Waals surface area contributed by atoms with E-state index in [2.05, 4.69) is 26.2 Å². The Kier molecular flexibility index (Phi) is 3.75. The lowest BCUT2D eigenvalue weighted by molar-refractivity contribution is 0.578. The van der Waals surface area contributed by atoms with E-state index < -0.39 is 11.6 Å². The van der Waals surface area contributed by atoms with Crippen LogP contribution in [0.4, 0.5) is 8.78 Å². The molecule has 1 atom stereocenters. The highest BCUT2D eigenvalue weighted by Crippen LogP contribution is 2.25. The zero-order valence-corrected chi connectivity index (χ0v) is 11.6. The molecule has 0 radical (unpaired) electrons. The second kappa shape index (κ2) is 5.14. The van der Waals surface area contributed by atoms with Crippen molar-refractivity contribution in [3.63, 3.8) is 0 Å². The maximum atomic E-state index is 13.7. The summed E-state index contributed by atoms with van der Waals surface area (Å²) in [6, 6.07) is 2.27. The molecule has 0 saturated carbocycles. The Morgan fingerprint density at radius 1 is 1.33 bits per heavy atom. The summed E-state index contributed by atoms with van der Waals surface area (Å²) in [5, 5.41) is 7.75. The van der Waals surface area contributed by atoms with Crippen LogP contribution in [0.3, 0.4) is 0 Å².